The molecule has 1 aromatic carbocycles. The maximum atomic E-state index is 4.62. The number of hydrogen-bond acceptors (Lipinski definition) is 4. The molecule has 0 fully saturated rings. The Labute approximate surface area is 117 Å². The summed E-state index contributed by atoms with van der Waals surface area (Å²) in [5, 5.41) is 10.7. The zero-order valence-corrected chi connectivity index (χ0v) is 12.5. The quantitative estimate of drug-likeness (QED) is 0.548. The van der Waals surface area contributed by atoms with E-state index in [1.165, 1.54) is 5.30 Å². The molecule has 4 nitrogen and oxygen atoms in total. The molecule has 0 N–H and O–H groups in total. The summed E-state index contributed by atoms with van der Waals surface area (Å²) in [5.41, 5.74) is 1.87. The summed E-state index contributed by atoms with van der Waals surface area (Å²) in [7, 11) is 0.742. The lowest BCUT2D eigenvalue weighted by atomic mass is 10.3. The summed E-state index contributed by atoms with van der Waals surface area (Å²) in [4.78, 5) is 4.62. The second-order valence-electron chi connectivity index (χ2n) is 4.00. The smallest absolute Gasteiger partial charge is 0.157 e. The van der Waals surface area contributed by atoms with Crippen LogP contribution in [-0.4, -0.2) is 32.9 Å². The molecule has 3 rings (SSSR count). The lowest BCUT2D eigenvalue weighted by molar-refractivity contribution is 0.792. The van der Waals surface area contributed by atoms with Gasteiger partial charge >= 0.3 is 0 Å². The van der Waals surface area contributed by atoms with E-state index in [-0.39, 0.29) is 0 Å². The molecular formula is C13H13N4PS. The molecule has 2 aromatic heterocycles. The summed E-state index contributed by atoms with van der Waals surface area (Å²) in [6, 6.07) is 12.1. The van der Waals surface area contributed by atoms with Crippen molar-refractivity contribution in [2.75, 3.05) is 12.9 Å². The fraction of sp³-hybridized carbons (Fsp3) is 0.154. The molecule has 1 unspecified atom stereocenters. The second-order valence-corrected chi connectivity index (χ2v) is 5.90. The van der Waals surface area contributed by atoms with Gasteiger partial charge in [-0.25, -0.2) is 4.98 Å². The van der Waals surface area contributed by atoms with Gasteiger partial charge in [0.1, 0.15) is 5.52 Å². The fourth-order valence-corrected chi connectivity index (χ4v) is 2.98. The van der Waals surface area contributed by atoms with Gasteiger partial charge in [-0.2, -0.15) is 4.68 Å². The molecule has 19 heavy (non-hydrogen) atoms. The Kier molecular flexibility index (Phi) is 3.49. The average Bonchev–Trinajstić information content (AvgIpc) is 2.90. The Morgan fingerprint density at radius 2 is 2.05 bits per heavy atom. The third-order valence-corrected chi connectivity index (χ3v) is 4.35. The highest BCUT2D eigenvalue weighted by Gasteiger charge is 2.09. The van der Waals surface area contributed by atoms with Crippen molar-refractivity contribution in [3.8, 4) is 5.82 Å². The highest BCUT2D eigenvalue weighted by Crippen LogP contribution is 2.19. The van der Waals surface area contributed by atoms with Crippen LogP contribution in [0.3, 0.4) is 0 Å². The summed E-state index contributed by atoms with van der Waals surface area (Å²) in [6.45, 7) is 2.17. The van der Waals surface area contributed by atoms with Gasteiger partial charge in [0.15, 0.2) is 5.82 Å². The van der Waals surface area contributed by atoms with Crippen molar-refractivity contribution in [1.82, 2.24) is 20.0 Å². The number of para-hydroxylation sites is 1. The van der Waals surface area contributed by atoms with Gasteiger partial charge in [0, 0.05) is 0 Å². The molecule has 0 radical (unpaired) electrons. The van der Waals surface area contributed by atoms with Crippen molar-refractivity contribution in [3.63, 3.8) is 0 Å². The molecule has 0 bridgehead atoms. The Morgan fingerprint density at radius 1 is 1.21 bits per heavy atom. The number of fused-ring (bicyclic) bond motifs is 1. The lowest BCUT2D eigenvalue weighted by Crippen LogP contribution is -2.06. The molecule has 0 aliphatic carbocycles. The molecule has 2 heterocycles. The van der Waals surface area contributed by atoms with E-state index >= 15 is 0 Å². The SMILES string of the molecule is CPc1cc(SC)nc(-n2nnc3ccccc32)c1. The number of hydrogen-bond donors (Lipinski definition) is 0. The van der Waals surface area contributed by atoms with Crippen molar-refractivity contribution in [3.05, 3.63) is 36.4 Å². The molecular weight excluding hydrogens is 275 g/mol. The van der Waals surface area contributed by atoms with Crippen LogP contribution in [0.4, 0.5) is 0 Å². The van der Waals surface area contributed by atoms with E-state index in [2.05, 4.69) is 34.1 Å². The van der Waals surface area contributed by atoms with E-state index in [0.29, 0.717) is 0 Å². The fourth-order valence-electron chi connectivity index (χ4n) is 1.89. The summed E-state index contributed by atoms with van der Waals surface area (Å²) in [6.07, 6.45) is 2.04. The first-order valence-electron chi connectivity index (χ1n) is 5.86. The maximum absolute atomic E-state index is 4.62. The van der Waals surface area contributed by atoms with E-state index in [4.69, 9.17) is 0 Å². The zero-order valence-electron chi connectivity index (χ0n) is 10.7. The molecule has 6 heteroatoms. The predicted octanol–water partition coefficient (Wildman–Crippen LogP) is 2.47. The monoisotopic (exact) mass is 288 g/mol. The van der Waals surface area contributed by atoms with Gasteiger partial charge < -0.3 is 0 Å². The third kappa shape index (κ3) is 2.36. The Morgan fingerprint density at radius 3 is 2.84 bits per heavy atom. The van der Waals surface area contributed by atoms with Crippen LogP contribution in [0.25, 0.3) is 16.9 Å². The van der Waals surface area contributed by atoms with Gasteiger partial charge in [-0.15, -0.1) is 16.9 Å². The Balaban J connectivity index is 2.20. The molecule has 1 atom stereocenters. The largest absolute Gasteiger partial charge is 0.222 e. The first-order valence-corrected chi connectivity index (χ1v) is 8.59. The highest BCUT2D eigenvalue weighted by atomic mass is 32.2. The minimum Gasteiger partial charge on any atom is -0.222 e. The normalized spacial score (nSPS) is 11.7. The number of benzene rings is 1. The first-order chi connectivity index (χ1) is 9.31. The van der Waals surface area contributed by atoms with Gasteiger partial charge in [0.25, 0.3) is 0 Å². The van der Waals surface area contributed by atoms with Crippen LogP contribution in [0.15, 0.2) is 41.4 Å². The van der Waals surface area contributed by atoms with Gasteiger partial charge in [0.2, 0.25) is 0 Å². The van der Waals surface area contributed by atoms with E-state index < -0.39 is 0 Å². The van der Waals surface area contributed by atoms with Crippen molar-refractivity contribution < 1.29 is 0 Å². The second kappa shape index (κ2) is 5.27. The predicted molar refractivity (Wildman–Crippen MR) is 82.3 cm³/mol. The van der Waals surface area contributed by atoms with Gasteiger partial charge in [-0.1, -0.05) is 25.9 Å². The summed E-state index contributed by atoms with van der Waals surface area (Å²) < 4.78 is 1.80. The van der Waals surface area contributed by atoms with Gasteiger partial charge in [-0.05, 0) is 42.5 Å². The minimum absolute atomic E-state index is 0.742. The van der Waals surface area contributed by atoms with Crippen molar-refractivity contribution >= 4 is 36.7 Å². The number of aromatic nitrogens is 4. The van der Waals surface area contributed by atoms with Crippen LogP contribution in [0.5, 0.6) is 0 Å². The van der Waals surface area contributed by atoms with E-state index in [9.17, 15) is 0 Å². The first kappa shape index (κ1) is 12.6. The molecule has 0 saturated heterocycles. The number of nitrogens with zero attached hydrogens (tertiary/aromatic N) is 4. The van der Waals surface area contributed by atoms with Crippen molar-refractivity contribution in [2.45, 2.75) is 5.03 Å². The molecule has 96 valence electrons. The molecule has 0 saturated carbocycles. The van der Waals surface area contributed by atoms with E-state index in [1.807, 2.05) is 30.5 Å². The molecule has 0 amide bonds. The molecule has 0 spiro atoms. The highest BCUT2D eigenvalue weighted by molar-refractivity contribution is 7.98. The zero-order chi connectivity index (χ0) is 13.2. The number of pyridine rings is 1. The molecule has 0 aliphatic rings. The topological polar surface area (TPSA) is 43.6 Å². The molecule has 0 aliphatic heterocycles. The minimum atomic E-state index is 0.742. The summed E-state index contributed by atoms with van der Waals surface area (Å²) in [5.74, 6) is 0.838. The van der Waals surface area contributed by atoms with Crippen molar-refractivity contribution in [1.29, 1.82) is 0 Å². The molecule has 3 aromatic rings. The van der Waals surface area contributed by atoms with E-state index in [0.717, 1.165) is 30.5 Å². The van der Waals surface area contributed by atoms with Crippen LogP contribution in [-0.2, 0) is 0 Å². The maximum Gasteiger partial charge on any atom is 0.157 e. The number of rotatable bonds is 3. The van der Waals surface area contributed by atoms with Crippen LogP contribution >= 0.6 is 20.3 Å². The van der Waals surface area contributed by atoms with Crippen LogP contribution in [0.2, 0.25) is 0 Å². The third-order valence-electron chi connectivity index (χ3n) is 2.85. The average molecular weight is 288 g/mol. The van der Waals surface area contributed by atoms with Crippen molar-refractivity contribution in [2.24, 2.45) is 0 Å². The lowest BCUT2D eigenvalue weighted by Gasteiger charge is -2.06. The Hall–Kier alpha value is -1.45. The summed E-state index contributed by atoms with van der Waals surface area (Å²) >= 11 is 1.65. The van der Waals surface area contributed by atoms with Crippen LogP contribution < -0.4 is 5.30 Å². The van der Waals surface area contributed by atoms with Gasteiger partial charge in [0.05, 0.1) is 10.5 Å². The van der Waals surface area contributed by atoms with Crippen LogP contribution in [0.1, 0.15) is 0 Å². The van der Waals surface area contributed by atoms with Crippen LogP contribution in [0, 0.1) is 0 Å². The van der Waals surface area contributed by atoms with E-state index in [1.54, 1.807) is 16.4 Å². The standard InChI is InChI=1S/C13H13N4PS/c1-18-9-7-12(14-13(8-9)19-2)17-11-6-4-3-5-10(11)15-16-17/h3-8,18H,1-2H3. The number of thioether (sulfide) groups is 1. The van der Waals surface area contributed by atoms with Gasteiger partial charge in [-0.3, -0.25) is 0 Å². The Bertz CT molecular complexity index is 703.